The predicted molar refractivity (Wildman–Crippen MR) is 109 cm³/mol. The van der Waals surface area contributed by atoms with Crippen LogP contribution in [0.25, 0.3) is 0 Å². The minimum absolute atomic E-state index is 0.152. The van der Waals surface area contributed by atoms with Crippen molar-refractivity contribution in [1.29, 1.82) is 0 Å². The number of anilines is 1. The SMILES string of the molecule is Fc1ccccc1COc1ccc(Br)cc1CNc1cc(Cl)ccc1Cl. The molecule has 0 aliphatic heterocycles. The molecule has 26 heavy (non-hydrogen) atoms. The number of nitrogens with one attached hydrogen (secondary N) is 1. The summed E-state index contributed by atoms with van der Waals surface area (Å²) in [7, 11) is 0. The summed E-state index contributed by atoms with van der Waals surface area (Å²) < 4.78 is 20.5. The van der Waals surface area contributed by atoms with Crippen molar-refractivity contribution in [3.05, 3.63) is 92.1 Å². The lowest BCUT2D eigenvalue weighted by Crippen LogP contribution is -2.05. The highest BCUT2D eigenvalue weighted by atomic mass is 79.9. The number of rotatable bonds is 6. The molecule has 0 unspecified atom stereocenters. The van der Waals surface area contributed by atoms with E-state index in [9.17, 15) is 4.39 Å². The molecule has 134 valence electrons. The molecule has 0 amide bonds. The minimum atomic E-state index is -0.282. The smallest absolute Gasteiger partial charge is 0.129 e. The number of hydrogen-bond acceptors (Lipinski definition) is 2. The molecule has 3 rings (SSSR count). The summed E-state index contributed by atoms with van der Waals surface area (Å²) >= 11 is 15.7. The zero-order chi connectivity index (χ0) is 18.5. The number of hydrogen-bond donors (Lipinski definition) is 1. The Kier molecular flexibility index (Phi) is 6.41. The standard InChI is InChI=1S/C20H15BrCl2FNO/c21-15-5-8-20(26-12-13-3-1-2-4-18(13)24)14(9-15)11-25-19-10-16(22)6-7-17(19)23/h1-10,25H,11-12H2. The molecule has 0 spiro atoms. The van der Waals surface area contributed by atoms with E-state index < -0.39 is 0 Å². The van der Waals surface area contributed by atoms with Crippen LogP contribution in [0.3, 0.4) is 0 Å². The molecule has 0 fully saturated rings. The molecule has 0 bridgehead atoms. The molecule has 0 aliphatic rings. The molecular formula is C20H15BrCl2FNO. The van der Waals surface area contributed by atoms with Crippen LogP contribution in [0.15, 0.2) is 65.1 Å². The first-order valence-corrected chi connectivity index (χ1v) is 9.41. The van der Waals surface area contributed by atoms with Gasteiger partial charge in [0.1, 0.15) is 18.2 Å². The third-order valence-corrected chi connectivity index (χ3v) is 4.82. The van der Waals surface area contributed by atoms with Crippen molar-refractivity contribution in [3.63, 3.8) is 0 Å². The zero-order valence-corrected chi connectivity index (χ0v) is 16.7. The highest BCUT2D eigenvalue weighted by Gasteiger charge is 2.09. The molecule has 1 N–H and O–H groups in total. The van der Waals surface area contributed by atoms with Crippen LogP contribution in [-0.2, 0) is 13.2 Å². The summed E-state index contributed by atoms with van der Waals surface area (Å²) in [5.74, 6) is 0.386. The fourth-order valence-electron chi connectivity index (χ4n) is 2.42. The van der Waals surface area contributed by atoms with Crippen LogP contribution in [-0.4, -0.2) is 0 Å². The van der Waals surface area contributed by atoms with Crippen molar-refractivity contribution in [2.75, 3.05) is 5.32 Å². The van der Waals surface area contributed by atoms with Gasteiger partial charge >= 0.3 is 0 Å². The first kappa shape index (κ1) is 19.0. The Labute approximate surface area is 170 Å². The lowest BCUT2D eigenvalue weighted by atomic mass is 10.2. The van der Waals surface area contributed by atoms with E-state index in [-0.39, 0.29) is 12.4 Å². The fraction of sp³-hybridized carbons (Fsp3) is 0.100. The summed E-state index contributed by atoms with van der Waals surface area (Å²) in [6.45, 7) is 0.630. The second kappa shape index (κ2) is 8.76. The maximum absolute atomic E-state index is 13.8. The van der Waals surface area contributed by atoms with E-state index in [1.807, 2.05) is 18.2 Å². The van der Waals surface area contributed by atoms with Gasteiger partial charge < -0.3 is 10.1 Å². The highest BCUT2D eigenvalue weighted by Crippen LogP contribution is 2.29. The van der Waals surface area contributed by atoms with Crippen LogP contribution >= 0.6 is 39.1 Å². The second-order valence-electron chi connectivity index (χ2n) is 5.61. The van der Waals surface area contributed by atoms with Crippen molar-refractivity contribution in [3.8, 4) is 5.75 Å². The molecule has 0 radical (unpaired) electrons. The summed E-state index contributed by atoms with van der Waals surface area (Å²) in [4.78, 5) is 0. The molecule has 6 heteroatoms. The van der Waals surface area contributed by atoms with Crippen molar-refractivity contribution in [2.24, 2.45) is 0 Å². The quantitative estimate of drug-likeness (QED) is 0.429. The summed E-state index contributed by atoms with van der Waals surface area (Å²) in [5.41, 5.74) is 2.15. The van der Waals surface area contributed by atoms with E-state index in [4.69, 9.17) is 27.9 Å². The monoisotopic (exact) mass is 453 g/mol. The van der Waals surface area contributed by atoms with E-state index >= 15 is 0 Å². The highest BCUT2D eigenvalue weighted by molar-refractivity contribution is 9.10. The topological polar surface area (TPSA) is 21.3 Å². The Hall–Kier alpha value is -1.75. The van der Waals surface area contributed by atoms with E-state index in [1.165, 1.54) is 6.07 Å². The van der Waals surface area contributed by atoms with Gasteiger partial charge in [0.25, 0.3) is 0 Å². The lowest BCUT2D eigenvalue weighted by Gasteiger charge is -2.14. The maximum Gasteiger partial charge on any atom is 0.129 e. The number of halogens is 4. The molecule has 0 heterocycles. The van der Waals surface area contributed by atoms with E-state index in [2.05, 4.69) is 21.2 Å². The predicted octanol–water partition coefficient (Wildman–Crippen LogP) is 7.09. The lowest BCUT2D eigenvalue weighted by molar-refractivity contribution is 0.297. The van der Waals surface area contributed by atoms with Gasteiger partial charge in [0, 0.05) is 27.2 Å². The molecule has 0 saturated carbocycles. The van der Waals surface area contributed by atoms with Crippen LogP contribution in [0.2, 0.25) is 10.0 Å². The van der Waals surface area contributed by atoms with Gasteiger partial charge in [0.2, 0.25) is 0 Å². The fourth-order valence-corrected chi connectivity index (χ4v) is 3.19. The minimum Gasteiger partial charge on any atom is -0.488 e. The summed E-state index contributed by atoms with van der Waals surface area (Å²) in [6, 6.07) is 17.5. The maximum atomic E-state index is 13.8. The zero-order valence-electron chi connectivity index (χ0n) is 13.6. The van der Waals surface area contributed by atoms with Crippen LogP contribution < -0.4 is 10.1 Å². The Morgan fingerprint density at radius 3 is 2.58 bits per heavy atom. The first-order valence-electron chi connectivity index (χ1n) is 7.86. The Bertz CT molecular complexity index is 920. The van der Waals surface area contributed by atoms with Crippen LogP contribution in [0.4, 0.5) is 10.1 Å². The van der Waals surface area contributed by atoms with Crippen molar-refractivity contribution >= 4 is 44.8 Å². The molecule has 0 aliphatic carbocycles. The van der Waals surface area contributed by atoms with Gasteiger partial charge in [0.15, 0.2) is 0 Å². The van der Waals surface area contributed by atoms with Crippen LogP contribution in [0.1, 0.15) is 11.1 Å². The van der Waals surface area contributed by atoms with Gasteiger partial charge in [-0.1, -0.05) is 57.3 Å². The second-order valence-corrected chi connectivity index (χ2v) is 7.37. The van der Waals surface area contributed by atoms with Gasteiger partial charge in [-0.2, -0.15) is 0 Å². The van der Waals surface area contributed by atoms with Gasteiger partial charge in [0.05, 0.1) is 10.7 Å². The van der Waals surface area contributed by atoms with Gasteiger partial charge in [-0.05, 0) is 42.5 Å². The third kappa shape index (κ3) is 4.91. The summed E-state index contributed by atoms with van der Waals surface area (Å²) in [5, 5.41) is 4.44. The molecule has 2 nitrogen and oxygen atoms in total. The van der Waals surface area contributed by atoms with Crippen molar-refractivity contribution in [2.45, 2.75) is 13.2 Å². The molecular weight excluding hydrogens is 440 g/mol. The Balaban J connectivity index is 1.75. The molecule has 3 aromatic rings. The average Bonchev–Trinajstić information content (AvgIpc) is 2.63. The summed E-state index contributed by atoms with van der Waals surface area (Å²) in [6.07, 6.45) is 0. The molecule has 0 atom stereocenters. The third-order valence-electron chi connectivity index (χ3n) is 3.76. The first-order chi connectivity index (χ1) is 12.5. The van der Waals surface area contributed by atoms with Crippen molar-refractivity contribution in [1.82, 2.24) is 0 Å². The van der Waals surface area contributed by atoms with Gasteiger partial charge in [-0.3, -0.25) is 0 Å². The van der Waals surface area contributed by atoms with Gasteiger partial charge in [-0.15, -0.1) is 0 Å². The number of ether oxygens (including phenoxy) is 1. The van der Waals surface area contributed by atoms with E-state index in [1.54, 1.807) is 36.4 Å². The largest absolute Gasteiger partial charge is 0.488 e. The normalized spacial score (nSPS) is 10.6. The van der Waals surface area contributed by atoms with Crippen LogP contribution in [0, 0.1) is 5.82 Å². The number of benzene rings is 3. The molecule has 0 saturated heterocycles. The van der Waals surface area contributed by atoms with Gasteiger partial charge in [-0.25, -0.2) is 4.39 Å². The van der Waals surface area contributed by atoms with E-state index in [0.29, 0.717) is 27.9 Å². The Morgan fingerprint density at radius 2 is 1.77 bits per heavy atom. The molecule has 3 aromatic carbocycles. The van der Waals surface area contributed by atoms with Crippen LogP contribution in [0.5, 0.6) is 5.75 Å². The Morgan fingerprint density at radius 1 is 0.962 bits per heavy atom. The van der Waals surface area contributed by atoms with Crippen molar-refractivity contribution < 1.29 is 9.13 Å². The van der Waals surface area contributed by atoms with E-state index in [0.717, 1.165) is 15.7 Å². The average molecular weight is 455 g/mol. The molecule has 0 aromatic heterocycles.